The van der Waals surface area contributed by atoms with Crippen molar-refractivity contribution in [3.63, 3.8) is 0 Å². The molecule has 7 nitrogen and oxygen atoms in total. The van der Waals surface area contributed by atoms with Gasteiger partial charge in [-0.15, -0.1) is 0 Å². The third-order valence-electron chi connectivity index (χ3n) is 4.44. The molecule has 160 valence electrons. The lowest BCUT2D eigenvalue weighted by Crippen LogP contribution is -2.11. The smallest absolute Gasteiger partial charge is 0.224 e. The number of aromatic nitrogens is 2. The van der Waals surface area contributed by atoms with Gasteiger partial charge in [0.05, 0.1) is 22.1 Å². The highest BCUT2D eigenvalue weighted by atomic mass is 35.5. The third-order valence-corrected chi connectivity index (χ3v) is 5.17. The highest BCUT2D eigenvalue weighted by Gasteiger charge is 2.18. The summed E-state index contributed by atoms with van der Waals surface area (Å²) in [5, 5.41) is 31.0. The molecule has 0 saturated heterocycles. The molecule has 0 aliphatic carbocycles. The van der Waals surface area contributed by atoms with Crippen LogP contribution in [0.1, 0.15) is 30.2 Å². The van der Waals surface area contributed by atoms with Gasteiger partial charge in [-0.3, -0.25) is 4.79 Å². The van der Waals surface area contributed by atoms with Crippen LogP contribution in [0.5, 0.6) is 5.75 Å². The van der Waals surface area contributed by atoms with Crippen molar-refractivity contribution in [2.45, 2.75) is 26.8 Å². The molecule has 0 bridgehead atoms. The zero-order chi connectivity index (χ0) is 22.7. The summed E-state index contributed by atoms with van der Waals surface area (Å²) in [5.41, 5.74) is 2.36. The molecule has 1 heterocycles. The van der Waals surface area contributed by atoms with Crippen LogP contribution in [0.15, 0.2) is 30.3 Å². The van der Waals surface area contributed by atoms with Gasteiger partial charge in [0.15, 0.2) is 5.75 Å². The fourth-order valence-electron chi connectivity index (χ4n) is 2.95. The van der Waals surface area contributed by atoms with E-state index in [0.29, 0.717) is 38.4 Å². The van der Waals surface area contributed by atoms with Gasteiger partial charge in [-0.25, -0.2) is 4.68 Å². The molecule has 3 rings (SSSR count). The van der Waals surface area contributed by atoms with Gasteiger partial charge in [0, 0.05) is 23.0 Å². The molecule has 0 aliphatic heterocycles. The number of aryl methyl sites for hydroxylation is 1. The Morgan fingerprint density at radius 1 is 1.19 bits per heavy atom. The monoisotopic (exact) mass is 477 g/mol. The van der Waals surface area contributed by atoms with Crippen LogP contribution in [-0.2, 0) is 11.3 Å². The Balaban J connectivity index is 1.97. The number of amides is 1. The van der Waals surface area contributed by atoms with Gasteiger partial charge < -0.3 is 15.7 Å². The molecular formula is C21H18Cl3N5O2. The normalized spacial score (nSPS) is 10.6. The van der Waals surface area contributed by atoms with Gasteiger partial charge in [0.1, 0.15) is 17.5 Å². The standard InChI is InChI=1S/C21H18Cl3N5O2/c1-3-19(30)27-18-5-12(4-17(24)20(18)31)10-26-21-16(9-25)11(2)28-29(21)15-7-13(22)6-14(23)8-15/h4-8,26,31H,3,10H2,1-2H3,(H,27,30). The SMILES string of the molecule is CCC(=O)Nc1cc(CNc2c(C#N)c(C)nn2-c2cc(Cl)cc(Cl)c2)cc(Cl)c1O. The number of hydrogen-bond acceptors (Lipinski definition) is 5. The van der Waals surface area contributed by atoms with Crippen LogP contribution >= 0.6 is 34.8 Å². The molecule has 0 unspecified atom stereocenters. The second kappa shape index (κ2) is 9.48. The molecule has 0 fully saturated rings. The first-order valence-corrected chi connectivity index (χ1v) is 10.4. The average Bonchev–Trinajstić information content (AvgIpc) is 3.04. The van der Waals surface area contributed by atoms with Crippen molar-refractivity contribution in [1.29, 1.82) is 5.26 Å². The third kappa shape index (κ3) is 5.05. The van der Waals surface area contributed by atoms with E-state index in [4.69, 9.17) is 34.8 Å². The van der Waals surface area contributed by atoms with Crippen molar-refractivity contribution in [2.75, 3.05) is 10.6 Å². The van der Waals surface area contributed by atoms with E-state index >= 15 is 0 Å². The summed E-state index contributed by atoms with van der Waals surface area (Å²) >= 11 is 18.4. The van der Waals surface area contributed by atoms with Crippen molar-refractivity contribution >= 4 is 52.2 Å². The summed E-state index contributed by atoms with van der Waals surface area (Å²) < 4.78 is 1.55. The number of nitrogens with one attached hydrogen (secondary N) is 2. The minimum atomic E-state index is -0.255. The number of carbonyl (C=O) groups excluding carboxylic acids is 1. The molecule has 0 aliphatic rings. The summed E-state index contributed by atoms with van der Waals surface area (Å²) in [4.78, 5) is 11.7. The minimum Gasteiger partial charge on any atom is -0.504 e. The number of carbonyl (C=O) groups is 1. The van der Waals surface area contributed by atoms with Gasteiger partial charge in [-0.2, -0.15) is 10.4 Å². The number of aromatic hydroxyl groups is 1. The molecule has 2 aromatic carbocycles. The van der Waals surface area contributed by atoms with Gasteiger partial charge in [-0.05, 0) is 42.8 Å². The summed E-state index contributed by atoms with van der Waals surface area (Å²) in [5.74, 6) is -0.0177. The van der Waals surface area contributed by atoms with Crippen LogP contribution < -0.4 is 10.6 Å². The number of nitriles is 1. The van der Waals surface area contributed by atoms with Gasteiger partial charge in [0.2, 0.25) is 5.91 Å². The fourth-order valence-corrected chi connectivity index (χ4v) is 3.71. The maximum atomic E-state index is 11.7. The second-order valence-electron chi connectivity index (χ2n) is 6.69. The molecule has 1 amide bonds. The van der Waals surface area contributed by atoms with Crippen LogP contribution in [0.2, 0.25) is 15.1 Å². The number of phenols is 1. The Kier molecular flexibility index (Phi) is 6.96. The molecular weight excluding hydrogens is 461 g/mol. The van der Waals surface area contributed by atoms with E-state index in [9.17, 15) is 15.2 Å². The first-order valence-electron chi connectivity index (χ1n) is 9.24. The number of hydrogen-bond donors (Lipinski definition) is 3. The lowest BCUT2D eigenvalue weighted by Gasteiger charge is -2.14. The van der Waals surface area contributed by atoms with E-state index in [2.05, 4.69) is 21.8 Å². The Bertz CT molecular complexity index is 1180. The van der Waals surface area contributed by atoms with Crippen molar-refractivity contribution in [3.05, 3.63) is 62.2 Å². The molecule has 3 aromatic rings. The molecule has 0 saturated carbocycles. The van der Waals surface area contributed by atoms with Crippen molar-refractivity contribution in [2.24, 2.45) is 0 Å². The van der Waals surface area contributed by atoms with Crippen LogP contribution in [0.3, 0.4) is 0 Å². The topological polar surface area (TPSA) is 103 Å². The van der Waals surface area contributed by atoms with Crippen LogP contribution in [-0.4, -0.2) is 20.8 Å². The molecule has 0 radical (unpaired) electrons. The van der Waals surface area contributed by atoms with Crippen LogP contribution in [0, 0.1) is 18.3 Å². The Labute approximate surface area is 194 Å². The van der Waals surface area contributed by atoms with E-state index in [1.807, 2.05) is 0 Å². The average molecular weight is 479 g/mol. The van der Waals surface area contributed by atoms with Gasteiger partial charge in [-0.1, -0.05) is 41.7 Å². The van der Waals surface area contributed by atoms with E-state index < -0.39 is 0 Å². The van der Waals surface area contributed by atoms with Gasteiger partial charge >= 0.3 is 0 Å². The number of benzene rings is 2. The van der Waals surface area contributed by atoms with Crippen molar-refractivity contribution in [1.82, 2.24) is 9.78 Å². The lowest BCUT2D eigenvalue weighted by molar-refractivity contribution is -0.115. The molecule has 0 spiro atoms. The largest absolute Gasteiger partial charge is 0.504 e. The highest BCUT2D eigenvalue weighted by molar-refractivity contribution is 6.35. The van der Waals surface area contributed by atoms with E-state index in [1.165, 1.54) is 0 Å². The summed E-state index contributed by atoms with van der Waals surface area (Å²) in [6, 6.07) is 10.3. The molecule has 3 N–H and O–H groups in total. The zero-order valence-electron chi connectivity index (χ0n) is 16.6. The van der Waals surface area contributed by atoms with E-state index in [-0.39, 0.29) is 35.3 Å². The predicted molar refractivity (Wildman–Crippen MR) is 122 cm³/mol. The highest BCUT2D eigenvalue weighted by Crippen LogP contribution is 2.34. The maximum Gasteiger partial charge on any atom is 0.224 e. The fraction of sp³-hybridized carbons (Fsp3) is 0.190. The van der Waals surface area contributed by atoms with E-state index in [0.717, 1.165) is 0 Å². The Morgan fingerprint density at radius 2 is 1.87 bits per heavy atom. The summed E-state index contributed by atoms with van der Waals surface area (Å²) in [6.45, 7) is 3.67. The maximum absolute atomic E-state index is 11.7. The number of phenolic OH excluding ortho intramolecular Hbond substituents is 1. The van der Waals surface area contributed by atoms with E-state index in [1.54, 1.807) is 48.9 Å². The number of rotatable bonds is 6. The first-order chi connectivity index (χ1) is 14.7. The first kappa shape index (κ1) is 22.8. The Hall–Kier alpha value is -2.92. The molecule has 1 aromatic heterocycles. The lowest BCUT2D eigenvalue weighted by atomic mass is 10.1. The predicted octanol–water partition coefficient (Wildman–Crippen LogP) is 5.68. The summed E-state index contributed by atoms with van der Waals surface area (Å²) in [6.07, 6.45) is 0.256. The number of anilines is 2. The second-order valence-corrected chi connectivity index (χ2v) is 7.97. The molecule has 31 heavy (non-hydrogen) atoms. The zero-order valence-corrected chi connectivity index (χ0v) is 18.9. The van der Waals surface area contributed by atoms with Crippen molar-refractivity contribution < 1.29 is 9.90 Å². The quantitative estimate of drug-likeness (QED) is 0.396. The molecule has 0 atom stereocenters. The van der Waals surface area contributed by atoms with Crippen LogP contribution in [0.25, 0.3) is 5.69 Å². The Morgan fingerprint density at radius 3 is 2.48 bits per heavy atom. The van der Waals surface area contributed by atoms with Crippen molar-refractivity contribution in [3.8, 4) is 17.5 Å². The molecule has 10 heteroatoms. The number of nitrogens with zero attached hydrogens (tertiary/aromatic N) is 3. The number of halogens is 3. The minimum absolute atomic E-state index is 0.0949. The summed E-state index contributed by atoms with van der Waals surface area (Å²) in [7, 11) is 0. The van der Waals surface area contributed by atoms with Crippen LogP contribution in [0.4, 0.5) is 11.5 Å². The van der Waals surface area contributed by atoms with Gasteiger partial charge in [0.25, 0.3) is 0 Å².